The molecule has 7 rings (SSSR count). The molecule has 0 fully saturated rings. The minimum atomic E-state index is -1.75. The van der Waals surface area contributed by atoms with Crippen LogP contribution in [0.25, 0.3) is 0 Å². The van der Waals surface area contributed by atoms with Crippen LogP contribution in [0.4, 0.5) is 0 Å². The Balaban J connectivity index is 0.00000169. The van der Waals surface area contributed by atoms with Gasteiger partial charge in [0.25, 0.3) is 0 Å². The SMILES string of the molecule is CO.O=[N+]([O-])[O-].O=[N+]([O-])[O-].[O-]c1c2cc(Cl)cc1CN(CCc1ccccc1)Cc1cc(Cl)cc(c1O)C=NCCCN=Cc1cc(Cl)cc(c1[O-])CN(CCc1ccccc1)Cc1cc(Cl)cc(c1O)C=NCCCN=C2.[Zn+2].[Zn+2]. The maximum Gasteiger partial charge on any atom is 2.00 e. The van der Waals surface area contributed by atoms with Crippen molar-refractivity contribution in [1.82, 2.24) is 9.80 Å². The molecule has 25 heteroatoms. The summed E-state index contributed by atoms with van der Waals surface area (Å²) in [5.74, 6) is -0.277. The molecule has 3 N–H and O–H groups in total. The van der Waals surface area contributed by atoms with E-state index in [0.717, 1.165) is 18.2 Å². The van der Waals surface area contributed by atoms with E-state index in [1.165, 1.54) is 0 Å². The summed E-state index contributed by atoms with van der Waals surface area (Å²) in [5.41, 5.74) is 6.10. The molecule has 0 atom stereocenters. The first-order valence-corrected chi connectivity index (χ1v) is 25.6. The third kappa shape index (κ3) is 25.1. The van der Waals surface area contributed by atoms with Crippen molar-refractivity contribution in [2.45, 2.75) is 51.9 Å². The van der Waals surface area contributed by atoms with Crippen molar-refractivity contribution in [3.63, 3.8) is 0 Å². The number of halogens is 4. The van der Waals surface area contributed by atoms with E-state index in [2.05, 4.69) is 54.0 Å². The fraction of sp³-hybridized carbons (Fsp3) is 0.273. The number of phenolic OH excluding ortho intramolecular Hbond substituents is 2. The van der Waals surface area contributed by atoms with Crippen LogP contribution in [0.3, 0.4) is 0 Å². The molecule has 0 saturated carbocycles. The summed E-state index contributed by atoms with van der Waals surface area (Å²) in [6.45, 7) is 3.82. The molecule has 0 aliphatic carbocycles. The Morgan fingerprint density at radius 1 is 0.463 bits per heavy atom. The second-order valence-electron chi connectivity index (χ2n) is 17.2. The fourth-order valence-electron chi connectivity index (χ4n) is 7.98. The van der Waals surface area contributed by atoms with Gasteiger partial charge in [-0.3, -0.25) is 29.8 Å². The van der Waals surface area contributed by atoms with Gasteiger partial charge in [-0.05, 0) is 108 Å². The second-order valence-corrected chi connectivity index (χ2v) is 18.9. The van der Waals surface area contributed by atoms with Crippen molar-refractivity contribution in [2.24, 2.45) is 20.0 Å². The molecule has 1 heterocycles. The summed E-state index contributed by atoms with van der Waals surface area (Å²) in [4.78, 5) is 38.9. The predicted octanol–water partition coefficient (Wildman–Crippen LogP) is 9.64. The standard InChI is InChI=1S/C54H54Cl4N6O4.CH4O.2NO3.2Zn/c55-47-21-39-29-59-15-7-17-61-31-41-23-49(57)27-45(53(41)67)35-64(20-14-38-11-5-2-6-12-38)36-46-28-50(58)24-42(54(46)68)32-62-18-8-16-60-30-40-22-48(56)26-44(52(40)66)34-63(33-43(25-47)51(39)65)19-13-37-9-3-1-4-10-37;1-2;2*2-1(3)4;;/h1-6,9-12,21-32,65-68H,7-8,13-20,33-36H2;2H,1H3;;;;/q;;2*-1;2*+2/p-2. The Labute approximate surface area is 509 Å². The van der Waals surface area contributed by atoms with Gasteiger partial charge in [0.15, 0.2) is 0 Å². The van der Waals surface area contributed by atoms with Gasteiger partial charge in [0.05, 0.1) is 10.2 Å². The van der Waals surface area contributed by atoms with Crippen LogP contribution in [-0.2, 0) is 78.0 Å². The van der Waals surface area contributed by atoms with E-state index in [9.17, 15) is 20.4 Å². The van der Waals surface area contributed by atoms with E-state index in [-0.39, 0.29) is 88.1 Å². The smallest absolute Gasteiger partial charge is 0.872 e. The molecule has 6 aromatic carbocycles. The van der Waals surface area contributed by atoms with Crippen LogP contribution in [0.5, 0.6) is 23.0 Å². The maximum atomic E-state index is 13.9. The molecular formula is C55H56Cl4N8O11Zn2. The number of nitrogens with zero attached hydrogens (tertiary/aromatic N) is 8. The summed E-state index contributed by atoms with van der Waals surface area (Å²) < 4.78 is 0. The Kier molecular flexibility index (Phi) is 33.0. The summed E-state index contributed by atoms with van der Waals surface area (Å²) in [7, 11) is 1.00. The van der Waals surface area contributed by atoms with E-state index in [1.54, 1.807) is 73.4 Å². The second kappa shape index (κ2) is 37.8. The number of aliphatic imine (C=N–C) groups is 4. The van der Waals surface area contributed by atoms with Crippen LogP contribution in [-0.4, -0.2) is 107 Å². The van der Waals surface area contributed by atoms with Gasteiger partial charge in [-0.2, -0.15) is 0 Å². The monoisotopic (exact) mass is 1270 g/mol. The van der Waals surface area contributed by atoms with Crippen molar-refractivity contribution in [3.05, 3.63) is 216 Å². The number of hydrogen-bond acceptors (Lipinski definition) is 17. The van der Waals surface area contributed by atoms with Crippen molar-refractivity contribution in [1.29, 1.82) is 0 Å². The topological polar surface area (TPSA) is 295 Å². The number of fused-ring (bicyclic) bond motifs is 8. The molecule has 414 valence electrons. The molecule has 80 heavy (non-hydrogen) atoms. The average Bonchev–Trinajstić information content (AvgIpc) is 3.40. The van der Waals surface area contributed by atoms with Crippen molar-refractivity contribution in [2.75, 3.05) is 46.4 Å². The van der Waals surface area contributed by atoms with Gasteiger partial charge in [-0.15, -0.1) is 0 Å². The quantitative estimate of drug-likeness (QED) is 0.0796. The van der Waals surface area contributed by atoms with Gasteiger partial charge in [0, 0.05) is 140 Å². The minimum Gasteiger partial charge on any atom is -0.872 e. The first-order valence-electron chi connectivity index (χ1n) is 24.1. The summed E-state index contributed by atoms with van der Waals surface area (Å²) in [6, 6.07) is 33.5. The van der Waals surface area contributed by atoms with Crippen LogP contribution in [0.2, 0.25) is 20.1 Å². The number of aliphatic hydroxyl groups excluding tert-OH is 1. The molecule has 0 aromatic heterocycles. The summed E-state index contributed by atoms with van der Waals surface area (Å²) >= 11 is 26.5. The molecule has 6 aromatic rings. The van der Waals surface area contributed by atoms with E-state index >= 15 is 0 Å². The molecule has 8 bridgehead atoms. The zero-order chi connectivity index (χ0) is 57.0. The number of benzene rings is 6. The molecule has 1 aliphatic heterocycles. The van der Waals surface area contributed by atoms with E-state index < -0.39 is 10.2 Å². The van der Waals surface area contributed by atoms with E-state index in [4.69, 9.17) is 82.2 Å². The Bertz CT molecular complexity index is 2670. The van der Waals surface area contributed by atoms with Crippen LogP contribution in [0.1, 0.15) is 68.5 Å². The summed E-state index contributed by atoms with van der Waals surface area (Å²) in [6.07, 6.45) is 8.85. The molecule has 19 nitrogen and oxygen atoms in total. The maximum absolute atomic E-state index is 13.9. The van der Waals surface area contributed by atoms with Crippen LogP contribution in [0, 0.1) is 30.6 Å². The van der Waals surface area contributed by atoms with Crippen LogP contribution in [0.15, 0.2) is 129 Å². The fourth-order valence-corrected chi connectivity index (χ4v) is 8.98. The summed E-state index contributed by atoms with van der Waals surface area (Å²) in [5, 5.41) is 89.1. The van der Waals surface area contributed by atoms with Gasteiger partial charge in [0.1, 0.15) is 11.5 Å². The molecule has 0 amide bonds. The zero-order valence-corrected chi connectivity index (χ0v) is 52.7. The third-order valence-electron chi connectivity index (χ3n) is 11.5. The largest absolute Gasteiger partial charge is 2.00 e. The molecule has 0 radical (unpaired) electrons. The molecule has 1 aliphatic rings. The van der Waals surface area contributed by atoms with Gasteiger partial charge >= 0.3 is 39.0 Å². The Morgan fingerprint density at radius 3 is 1.04 bits per heavy atom. The van der Waals surface area contributed by atoms with E-state index in [0.29, 0.717) is 130 Å². The number of aromatic hydroxyl groups is 2. The Morgan fingerprint density at radius 2 is 0.725 bits per heavy atom. The molecular weight excluding hydrogens is 1220 g/mol. The Hall–Kier alpha value is -6.11. The van der Waals surface area contributed by atoms with Gasteiger partial charge in [-0.1, -0.05) is 119 Å². The number of aliphatic hydroxyl groups is 1. The minimum absolute atomic E-state index is 0. The van der Waals surface area contributed by atoms with Crippen molar-refractivity contribution < 1.29 is 74.7 Å². The number of phenols is 2. The van der Waals surface area contributed by atoms with Gasteiger partial charge in [-0.25, -0.2) is 0 Å². The normalized spacial score (nSPS) is 13.3. The molecule has 0 saturated heterocycles. The third-order valence-corrected chi connectivity index (χ3v) is 12.3. The predicted molar refractivity (Wildman–Crippen MR) is 304 cm³/mol. The average molecular weight is 1280 g/mol. The van der Waals surface area contributed by atoms with E-state index in [1.807, 2.05) is 36.4 Å². The number of hydrogen-bond donors (Lipinski definition) is 3. The molecule has 0 spiro atoms. The van der Waals surface area contributed by atoms with Crippen molar-refractivity contribution in [3.8, 4) is 23.0 Å². The van der Waals surface area contributed by atoms with Crippen LogP contribution >= 0.6 is 46.4 Å². The first kappa shape index (κ1) is 70.0. The zero-order valence-electron chi connectivity index (χ0n) is 43.7. The molecule has 0 unspecified atom stereocenters. The van der Waals surface area contributed by atoms with Crippen molar-refractivity contribution >= 4 is 71.3 Å². The number of rotatable bonds is 6. The van der Waals surface area contributed by atoms with Gasteiger partial charge in [0.2, 0.25) is 0 Å². The van der Waals surface area contributed by atoms with Crippen LogP contribution < -0.4 is 10.2 Å². The first-order chi connectivity index (χ1) is 37.4. The van der Waals surface area contributed by atoms with Gasteiger partial charge < -0.3 is 56.2 Å².